The van der Waals surface area contributed by atoms with E-state index in [4.69, 9.17) is 21.1 Å². The van der Waals surface area contributed by atoms with Crippen LogP contribution in [-0.2, 0) is 16.6 Å². The predicted octanol–water partition coefficient (Wildman–Crippen LogP) is 3.47. The Balaban J connectivity index is 1.69. The van der Waals surface area contributed by atoms with Gasteiger partial charge in [-0.15, -0.1) is 0 Å². The molecule has 1 saturated heterocycles. The van der Waals surface area contributed by atoms with E-state index in [1.807, 2.05) is 4.90 Å². The Hall–Kier alpha value is -3.15. The minimum absolute atomic E-state index is 0.0302. The minimum Gasteiger partial charge on any atom is -0.497 e. The van der Waals surface area contributed by atoms with Gasteiger partial charge in [-0.1, -0.05) is 17.7 Å². The van der Waals surface area contributed by atoms with E-state index in [0.717, 1.165) is 4.68 Å². The molecule has 0 saturated carbocycles. The van der Waals surface area contributed by atoms with Gasteiger partial charge in [-0.25, -0.2) is 12.8 Å². The molecule has 2 aromatic carbocycles. The van der Waals surface area contributed by atoms with Crippen LogP contribution >= 0.6 is 11.6 Å². The summed E-state index contributed by atoms with van der Waals surface area (Å²) in [6.45, 7) is 4.22. The van der Waals surface area contributed by atoms with Gasteiger partial charge in [0.15, 0.2) is 0 Å². The molecule has 0 amide bonds. The van der Waals surface area contributed by atoms with Crippen molar-refractivity contribution >= 4 is 27.3 Å². The number of ether oxygens (including phenoxy) is 2. The standard InChI is InChI=1S/C25H28ClFN4O5S/c1-17(2)37(33,34)30-11-9-29(10-12-30)23-15-28-31(20-6-4-5-19(26)14-20)25(32)24(23)36-16-18-13-21(35-3)7-8-22(18)27/h4-8,13-15,17H,9-12,16H2,1-3H3. The molecule has 1 aliphatic rings. The van der Waals surface area contributed by atoms with E-state index in [2.05, 4.69) is 5.10 Å². The number of aromatic nitrogens is 2. The van der Waals surface area contributed by atoms with Crippen LogP contribution in [0.3, 0.4) is 0 Å². The first-order valence-electron chi connectivity index (χ1n) is 11.7. The van der Waals surface area contributed by atoms with Gasteiger partial charge in [-0.2, -0.15) is 14.1 Å². The molecule has 3 aromatic rings. The van der Waals surface area contributed by atoms with Gasteiger partial charge in [0.1, 0.15) is 23.9 Å². The molecule has 0 N–H and O–H groups in total. The van der Waals surface area contributed by atoms with Gasteiger partial charge < -0.3 is 14.4 Å². The van der Waals surface area contributed by atoms with Crippen LogP contribution in [0.1, 0.15) is 19.4 Å². The molecule has 37 heavy (non-hydrogen) atoms. The van der Waals surface area contributed by atoms with E-state index in [9.17, 15) is 17.6 Å². The topological polar surface area (TPSA) is 94.0 Å². The summed E-state index contributed by atoms with van der Waals surface area (Å²) < 4.78 is 53.3. The number of anilines is 1. The predicted molar refractivity (Wildman–Crippen MR) is 140 cm³/mol. The third-order valence-electron chi connectivity index (χ3n) is 6.13. The maximum Gasteiger partial charge on any atom is 0.316 e. The lowest BCUT2D eigenvalue weighted by Crippen LogP contribution is -2.50. The van der Waals surface area contributed by atoms with Gasteiger partial charge in [-0.05, 0) is 50.2 Å². The number of nitrogens with zero attached hydrogens (tertiary/aromatic N) is 4. The maximum atomic E-state index is 14.5. The van der Waals surface area contributed by atoms with Crippen LogP contribution in [-0.4, -0.2) is 61.0 Å². The molecule has 4 rings (SSSR count). The Morgan fingerprint density at radius 3 is 2.49 bits per heavy atom. The first-order chi connectivity index (χ1) is 17.6. The zero-order chi connectivity index (χ0) is 26.7. The Labute approximate surface area is 220 Å². The fraction of sp³-hybridized carbons (Fsp3) is 0.360. The SMILES string of the molecule is COc1ccc(F)c(COc2c(N3CCN(S(=O)(=O)C(C)C)CC3)cnn(-c3cccc(Cl)c3)c2=O)c1. The smallest absolute Gasteiger partial charge is 0.316 e. The van der Waals surface area contributed by atoms with Crippen molar-refractivity contribution in [1.82, 2.24) is 14.1 Å². The van der Waals surface area contributed by atoms with Crippen LogP contribution in [0.4, 0.5) is 10.1 Å². The average molecular weight is 551 g/mol. The molecule has 0 spiro atoms. The van der Waals surface area contributed by atoms with Crippen molar-refractivity contribution in [2.45, 2.75) is 25.7 Å². The first kappa shape index (κ1) is 26.9. The number of hydrogen-bond acceptors (Lipinski definition) is 7. The lowest BCUT2D eigenvalue weighted by Gasteiger charge is -2.36. The number of rotatable bonds is 8. The summed E-state index contributed by atoms with van der Waals surface area (Å²) in [5, 5.41) is 4.22. The van der Waals surface area contributed by atoms with E-state index in [0.29, 0.717) is 35.2 Å². The molecule has 12 heteroatoms. The zero-order valence-corrected chi connectivity index (χ0v) is 22.3. The Morgan fingerprint density at radius 2 is 1.84 bits per heavy atom. The van der Waals surface area contributed by atoms with E-state index < -0.39 is 26.6 Å². The molecule has 0 atom stereocenters. The molecule has 0 bridgehead atoms. The monoisotopic (exact) mass is 550 g/mol. The molecule has 2 heterocycles. The van der Waals surface area contributed by atoms with Crippen LogP contribution in [0.2, 0.25) is 5.02 Å². The van der Waals surface area contributed by atoms with Crippen molar-refractivity contribution in [3.8, 4) is 17.2 Å². The number of benzene rings is 2. The summed E-state index contributed by atoms with van der Waals surface area (Å²) in [6, 6.07) is 10.9. The van der Waals surface area contributed by atoms with Crippen LogP contribution in [0.25, 0.3) is 5.69 Å². The van der Waals surface area contributed by atoms with Crippen LogP contribution in [0.5, 0.6) is 11.5 Å². The van der Waals surface area contributed by atoms with E-state index >= 15 is 0 Å². The van der Waals surface area contributed by atoms with Crippen LogP contribution < -0.4 is 19.9 Å². The van der Waals surface area contributed by atoms with E-state index in [-0.39, 0.29) is 31.0 Å². The van der Waals surface area contributed by atoms with Gasteiger partial charge in [0.2, 0.25) is 15.8 Å². The lowest BCUT2D eigenvalue weighted by atomic mass is 10.2. The number of piperazine rings is 1. The van der Waals surface area contributed by atoms with Gasteiger partial charge >= 0.3 is 5.56 Å². The van der Waals surface area contributed by atoms with Gasteiger partial charge in [0.25, 0.3) is 0 Å². The molecule has 1 aromatic heterocycles. The fourth-order valence-electron chi connectivity index (χ4n) is 4.00. The second-order valence-corrected chi connectivity index (χ2v) is 11.7. The summed E-state index contributed by atoms with van der Waals surface area (Å²) in [5.41, 5.74) is 0.492. The highest BCUT2D eigenvalue weighted by Crippen LogP contribution is 2.28. The fourth-order valence-corrected chi connectivity index (χ4v) is 5.46. The normalized spacial score (nSPS) is 14.7. The molecular formula is C25H28ClFN4O5S. The Kier molecular flexibility index (Phi) is 8.05. The number of halogens is 2. The van der Waals surface area contributed by atoms with Crippen LogP contribution in [0.15, 0.2) is 53.5 Å². The summed E-state index contributed by atoms with van der Waals surface area (Å²) in [5.74, 6) is -0.0785. The van der Waals surface area contributed by atoms with Crippen molar-refractivity contribution in [2.24, 2.45) is 0 Å². The highest BCUT2D eigenvalue weighted by Gasteiger charge is 2.31. The molecule has 0 unspecified atom stereocenters. The lowest BCUT2D eigenvalue weighted by molar-refractivity contribution is 0.291. The Morgan fingerprint density at radius 1 is 1.11 bits per heavy atom. The molecule has 0 radical (unpaired) electrons. The van der Waals surface area contributed by atoms with Gasteiger partial charge in [0, 0.05) is 36.8 Å². The quantitative estimate of drug-likeness (QED) is 0.424. The zero-order valence-electron chi connectivity index (χ0n) is 20.7. The second-order valence-electron chi connectivity index (χ2n) is 8.78. The molecular weight excluding hydrogens is 523 g/mol. The highest BCUT2D eigenvalue weighted by atomic mass is 35.5. The minimum atomic E-state index is -3.40. The molecule has 0 aliphatic carbocycles. The second kappa shape index (κ2) is 11.1. The summed E-state index contributed by atoms with van der Waals surface area (Å²) in [6.07, 6.45) is 1.49. The van der Waals surface area contributed by atoms with Crippen molar-refractivity contribution in [2.75, 3.05) is 38.2 Å². The summed E-state index contributed by atoms with van der Waals surface area (Å²) in [4.78, 5) is 15.4. The molecule has 9 nitrogen and oxygen atoms in total. The third-order valence-corrected chi connectivity index (χ3v) is 8.64. The number of sulfonamides is 1. The number of methoxy groups -OCH3 is 1. The van der Waals surface area contributed by atoms with Gasteiger partial charge in [-0.3, -0.25) is 4.79 Å². The summed E-state index contributed by atoms with van der Waals surface area (Å²) >= 11 is 6.11. The van der Waals surface area contributed by atoms with E-state index in [1.54, 1.807) is 38.1 Å². The van der Waals surface area contributed by atoms with Crippen molar-refractivity contribution < 1.29 is 22.3 Å². The summed E-state index contributed by atoms with van der Waals surface area (Å²) in [7, 11) is -1.93. The highest BCUT2D eigenvalue weighted by molar-refractivity contribution is 7.89. The van der Waals surface area contributed by atoms with Crippen molar-refractivity contribution in [3.05, 3.63) is 75.4 Å². The third kappa shape index (κ3) is 5.73. The molecule has 1 fully saturated rings. The average Bonchev–Trinajstić information content (AvgIpc) is 2.88. The van der Waals surface area contributed by atoms with Crippen LogP contribution in [0, 0.1) is 5.82 Å². The first-order valence-corrected chi connectivity index (χ1v) is 13.6. The van der Waals surface area contributed by atoms with Gasteiger partial charge in [0.05, 0.1) is 24.2 Å². The Bertz CT molecular complexity index is 1440. The largest absolute Gasteiger partial charge is 0.497 e. The maximum absolute atomic E-state index is 14.5. The van der Waals surface area contributed by atoms with Crippen molar-refractivity contribution in [3.63, 3.8) is 0 Å². The molecule has 198 valence electrons. The van der Waals surface area contributed by atoms with Crippen molar-refractivity contribution in [1.29, 1.82) is 0 Å². The number of hydrogen-bond donors (Lipinski definition) is 0. The van der Waals surface area contributed by atoms with E-state index in [1.165, 1.54) is 35.8 Å². The molecule has 1 aliphatic heterocycles.